The van der Waals surface area contributed by atoms with Crippen molar-refractivity contribution in [3.63, 3.8) is 0 Å². The third-order valence-electron chi connectivity index (χ3n) is 5.75. The molecule has 2 aromatic carbocycles. The number of halogens is 1. The predicted molar refractivity (Wildman–Crippen MR) is 124 cm³/mol. The molecule has 0 amide bonds. The van der Waals surface area contributed by atoms with Crippen molar-refractivity contribution in [3.8, 4) is 0 Å². The van der Waals surface area contributed by atoms with Crippen molar-refractivity contribution in [2.24, 2.45) is 0 Å². The molecule has 5 nitrogen and oxygen atoms in total. The molecule has 0 aliphatic carbocycles. The van der Waals surface area contributed by atoms with Crippen LogP contribution in [0.25, 0.3) is 0 Å². The largest absolute Gasteiger partial charge is 0.461 e. The molecular weight excluding hydrogens is 412 g/mol. The van der Waals surface area contributed by atoms with E-state index in [0.29, 0.717) is 6.61 Å². The van der Waals surface area contributed by atoms with Gasteiger partial charge in [0.1, 0.15) is 6.61 Å². The number of benzene rings is 2. The van der Waals surface area contributed by atoms with Crippen LogP contribution in [0.2, 0.25) is 5.02 Å². The van der Waals surface area contributed by atoms with Crippen molar-refractivity contribution >= 4 is 17.6 Å². The fourth-order valence-corrected chi connectivity index (χ4v) is 3.96. The molecular formula is C25H33ClN2O3. The Labute approximate surface area is 190 Å². The van der Waals surface area contributed by atoms with Gasteiger partial charge in [0, 0.05) is 37.7 Å². The average molecular weight is 445 g/mol. The number of ether oxygens (including phenoxy) is 2. The highest BCUT2D eigenvalue weighted by Gasteiger charge is 2.26. The highest BCUT2D eigenvalue weighted by Crippen LogP contribution is 2.30. The van der Waals surface area contributed by atoms with Gasteiger partial charge < -0.3 is 9.47 Å². The molecule has 1 aliphatic heterocycles. The first kappa shape index (κ1) is 23.7. The molecule has 0 N–H and O–H groups in total. The van der Waals surface area contributed by atoms with E-state index in [-0.39, 0.29) is 24.7 Å². The van der Waals surface area contributed by atoms with E-state index in [9.17, 15) is 4.79 Å². The highest BCUT2D eigenvalue weighted by atomic mass is 35.5. The Balaban J connectivity index is 1.50. The van der Waals surface area contributed by atoms with Gasteiger partial charge in [-0.25, -0.2) is 4.79 Å². The van der Waals surface area contributed by atoms with Crippen LogP contribution >= 0.6 is 11.6 Å². The van der Waals surface area contributed by atoms with Gasteiger partial charge in [0.05, 0.1) is 18.8 Å². The second kappa shape index (κ2) is 12.2. The van der Waals surface area contributed by atoms with Crippen molar-refractivity contribution in [2.45, 2.75) is 32.4 Å². The minimum absolute atomic E-state index is 0.0248. The van der Waals surface area contributed by atoms with E-state index in [2.05, 4.69) is 52.3 Å². The van der Waals surface area contributed by atoms with Crippen LogP contribution in [-0.4, -0.2) is 67.8 Å². The minimum Gasteiger partial charge on any atom is -0.461 e. The molecule has 0 bridgehead atoms. The Morgan fingerprint density at radius 2 is 1.65 bits per heavy atom. The van der Waals surface area contributed by atoms with Gasteiger partial charge in [-0.3, -0.25) is 9.80 Å². The molecule has 1 unspecified atom stereocenters. The van der Waals surface area contributed by atoms with Gasteiger partial charge in [0.2, 0.25) is 0 Å². The molecule has 1 heterocycles. The van der Waals surface area contributed by atoms with Crippen LogP contribution < -0.4 is 0 Å². The summed E-state index contributed by atoms with van der Waals surface area (Å²) in [5.74, 6) is -0.284. The topological polar surface area (TPSA) is 42.0 Å². The van der Waals surface area contributed by atoms with Gasteiger partial charge in [0.15, 0.2) is 0 Å². The summed E-state index contributed by atoms with van der Waals surface area (Å²) in [5, 5.41) is 0.758. The molecule has 0 radical (unpaired) electrons. The molecule has 3 rings (SSSR count). The number of hydrogen-bond acceptors (Lipinski definition) is 5. The normalized spacial score (nSPS) is 17.3. The number of carbonyl (C=O) groups excluding carboxylic acids is 1. The van der Waals surface area contributed by atoms with Crippen LogP contribution in [0.1, 0.15) is 37.4 Å². The van der Waals surface area contributed by atoms with Crippen molar-refractivity contribution in [2.75, 3.05) is 45.9 Å². The van der Waals surface area contributed by atoms with Crippen molar-refractivity contribution in [3.05, 3.63) is 70.7 Å². The smallest absolute Gasteiger partial charge is 0.332 e. The Morgan fingerprint density at radius 3 is 2.29 bits per heavy atom. The van der Waals surface area contributed by atoms with Gasteiger partial charge in [-0.15, -0.1) is 0 Å². The summed E-state index contributed by atoms with van der Waals surface area (Å²) >= 11 is 6.12. The Morgan fingerprint density at radius 1 is 1.00 bits per heavy atom. The molecule has 6 heteroatoms. The first-order valence-corrected chi connectivity index (χ1v) is 11.5. The fourth-order valence-electron chi connectivity index (χ4n) is 3.83. The molecule has 0 saturated carbocycles. The molecule has 0 aromatic heterocycles. The van der Waals surface area contributed by atoms with Crippen molar-refractivity contribution < 1.29 is 14.3 Å². The van der Waals surface area contributed by atoms with E-state index in [1.54, 1.807) is 0 Å². The quantitative estimate of drug-likeness (QED) is 0.401. The number of esters is 1. The number of piperazine rings is 1. The maximum atomic E-state index is 11.7. The Kier molecular flexibility index (Phi) is 9.34. The number of nitrogens with zero attached hydrogens (tertiary/aromatic N) is 2. The van der Waals surface area contributed by atoms with Crippen LogP contribution in [-0.2, 0) is 14.3 Å². The van der Waals surface area contributed by atoms with E-state index < -0.39 is 0 Å². The number of hydrogen-bond donors (Lipinski definition) is 0. The van der Waals surface area contributed by atoms with Gasteiger partial charge in [-0.1, -0.05) is 61.0 Å². The standard InChI is InChI=1S/C25H33ClN2O3/c1-3-20(2)31-24(29)19-30-18-17-27-13-15-28(16-14-27)25(21-7-5-4-6-8-21)22-9-11-23(26)12-10-22/h4-12,20,25H,3,13-19H2,1-2H3/t20?,25-/m1/s1. The second-order valence-electron chi connectivity index (χ2n) is 8.00. The van der Waals surface area contributed by atoms with E-state index in [0.717, 1.165) is 44.2 Å². The molecule has 1 saturated heterocycles. The minimum atomic E-state index is -0.284. The summed E-state index contributed by atoms with van der Waals surface area (Å²) in [6.45, 7) is 9.15. The summed E-state index contributed by atoms with van der Waals surface area (Å²) < 4.78 is 10.8. The van der Waals surface area contributed by atoms with Crippen LogP contribution in [0.15, 0.2) is 54.6 Å². The second-order valence-corrected chi connectivity index (χ2v) is 8.44. The zero-order valence-corrected chi connectivity index (χ0v) is 19.3. The lowest BCUT2D eigenvalue weighted by Gasteiger charge is -2.39. The van der Waals surface area contributed by atoms with Gasteiger partial charge in [-0.2, -0.15) is 0 Å². The van der Waals surface area contributed by atoms with Crippen LogP contribution in [0.4, 0.5) is 0 Å². The van der Waals surface area contributed by atoms with Crippen molar-refractivity contribution in [1.29, 1.82) is 0 Å². The molecule has 1 fully saturated rings. The highest BCUT2D eigenvalue weighted by molar-refractivity contribution is 6.30. The maximum absolute atomic E-state index is 11.7. The fraction of sp³-hybridized carbons (Fsp3) is 0.480. The average Bonchev–Trinajstić information content (AvgIpc) is 2.80. The lowest BCUT2D eigenvalue weighted by Crippen LogP contribution is -2.48. The lowest BCUT2D eigenvalue weighted by molar-refractivity contribution is -0.153. The van der Waals surface area contributed by atoms with Gasteiger partial charge in [-0.05, 0) is 36.6 Å². The third kappa shape index (κ3) is 7.32. The zero-order chi connectivity index (χ0) is 22.1. The van der Waals surface area contributed by atoms with Crippen molar-refractivity contribution in [1.82, 2.24) is 9.80 Å². The van der Waals surface area contributed by atoms with Crippen LogP contribution in [0.5, 0.6) is 0 Å². The molecule has 2 atom stereocenters. The molecule has 2 aromatic rings. The Bertz CT molecular complexity index is 792. The van der Waals surface area contributed by atoms with E-state index >= 15 is 0 Å². The summed E-state index contributed by atoms with van der Waals surface area (Å²) in [6.07, 6.45) is 0.762. The molecule has 0 spiro atoms. The lowest BCUT2D eigenvalue weighted by atomic mass is 9.96. The monoisotopic (exact) mass is 444 g/mol. The number of rotatable bonds is 10. The Hall–Kier alpha value is -1.92. The molecule has 31 heavy (non-hydrogen) atoms. The van der Waals surface area contributed by atoms with E-state index in [1.807, 2.05) is 26.0 Å². The maximum Gasteiger partial charge on any atom is 0.332 e. The van der Waals surface area contributed by atoms with E-state index in [4.69, 9.17) is 21.1 Å². The predicted octanol–water partition coefficient (Wildman–Crippen LogP) is 4.41. The SMILES string of the molecule is CCC(C)OC(=O)COCCN1CCN([C@H](c2ccccc2)c2ccc(Cl)cc2)CC1. The van der Waals surface area contributed by atoms with Crippen LogP contribution in [0.3, 0.4) is 0 Å². The summed E-state index contributed by atoms with van der Waals surface area (Å²) in [6, 6.07) is 19.0. The molecule has 168 valence electrons. The summed E-state index contributed by atoms with van der Waals surface area (Å²) in [4.78, 5) is 16.6. The summed E-state index contributed by atoms with van der Waals surface area (Å²) in [5.41, 5.74) is 2.55. The summed E-state index contributed by atoms with van der Waals surface area (Å²) in [7, 11) is 0. The van der Waals surface area contributed by atoms with E-state index in [1.165, 1.54) is 11.1 Å². The van der Waals surface area contributed by atoms with Gasteiger partial charge in [0.25, 0.3) is 0 Å². The third-order valence-corrected chi connectivity index (χ3v) is 6.00. The molecule has 1 aliphatic rings. The van der Waals surface area contributed by atoms with Gasteiger partial charge >= 0.3 is 5.97 Å². The zero-order valence-electron chi connectivity index (χ0n) is 18.5. The number of carbonyl (C=O) groups is 1. The first-order valence-electron chi connectivity index (χ1n) is 11.1. The van der Waals surface area contributed by atoms with Crippen LogP contribution in [0, 0.1) is 0 Å². The first-order chi connectivity index (χ1) is 15.1.